The van der Waals surface area contributed by atoms with Gasteiger partial charge in [0.25, 0.3) is 0 Å². The SMILES string of the molecule is COC(=O)[C@H]1C[C@H](ON2C(C)(C)CCCC2(C)C)c2ccccc2[C@]1(C#N)C(=O)OC. The number of nitriles is 1. The van der Waals surface area contributed by atoms with Crippen LogP contribution in [0.1, 0.15) is 70.6 Å². The van der Waals surface area contributed by atoms with E-state index in [4.69, 9.17) is 14.3 Å². The van der Waals surface area contributed by atoms with E-state index in [-0.39, 0.29) is 17.5 Å². The molecular formula is C24H32N2O5. The van der Waals surface area contributed by atoms with Gasteiger partial charge in [-0.25, -0.2) is 4.79 Å². The molecule has 7 heteroatoms. The van der Waals surface area contributed by atoms with Gasteiger partial charge in [0.15, 0.2) is 5.41 Å². The van der Waals surface area contributed by atoms with E-state index < -0.39 is 29.4 Å². The summed E-state index contributed by atoms with van der Waals surface area (Å²) in [6.45, 7) is 8.59. The van der Waals surface area contributed by atoms with Gasteiger partial charge in [-0.15, -0.1) is 0 Å². The first-order valence-electron chi connectivity index (χ1n) is 10.7. The second kappa shape index (κ2) is 8.25. The lowest BCUT2D eigenvalue weighted by Crippen LogP contribution is -2.59. The number of methoxy groups -OCH3 is 2. The molecule has 1 fully saturated rings. The van der Waals surface area contributed by atoms with Gasteiger partial charge in [0.2, 0.25) is 0 Å². The molecule has 0 radical (unpaired) electrons. The van der Waals surface area contributed by atoms with E-state index in [9.17, 15) is 14.9 Å². The van der Waals surface area contributed by atoms with Crippen molar-refractivity contribution in [3.8, 4) is 6.07 Å². The Morgan fingerprint density at radius 1 is 1.06 bits per heavy atom. The highest BCUT2D eigenvalue weighted by Crippen LogP contribution is 2.50. The van der Waals surface area contributed by atoms with Gasteiger partial charge in [-0.1, -0.05) is 24.3 Å². The van der Waals surface area contributed by atoms with E-state index in [1.807, 2.05) is 17.2 Å². The average molecular weight is 429 g/mol. The molecule has 0 amide bonds. The Bertz CT molecular complexity index is 887. The smallest absolute Gasteiger partial charge is 0.331 e. The number of hydrogen-bond donors (Lipinski definition) is 0. The summed E-state index contributed by atoms with van der Waals surface area (Å²) in [6.07, 6.45) is 2.69. The van der Waals surface area contributed by atoms with Crippen LogP contribution in [0, 0.1) is 17.2 Å². The molecule has 0 bridgehead atoms. The highest BCUT2D eigenvalue weighted by atomic mass is 16.7. The number of nitrogens with zero attached hydrogens (tertiary/aromatic N) is 2. The van der Waals surface area contributed by atoms with E-state index in [1.165, 1.54) is 14.2 Å². The standard InChI is InChI=1S/C24H32N2O5/c1-22(2)12-9-13-23(3,4)26(22)31-19-14-18(20(27)29-5)24(15-25,21(28)30-6)17-11-8-7-10-16(17)19/h7-8,10-11,18-19H,9,12-14H2,1-6H3/t18-,19+,24+/m1/s1. The second-order valence-electron chi connectivity index (χ2n) is 9.68. The van der Waals surface area contributed by atoms with E-state index in [0.29, 0.717) is 11.1 Å². The van der Waals surface area contributed by atoms with Crippen LogP contribution in [0.2, 0.25) is 0 Å². The van der Waals surface area contributed by atoms with Crippen LogP contribution in [0.4, 0.5) is 0 Å². The highest BCUT2D eigenvalue weighted by molar-refractivity contribution is 5.94. The fraction of sp³-hybridized carbons (Fsp3) is 0.625. The zero-order valence-electron chi connectivity index (χ0n) is 19.2. The van der Waals surface area contributed by atoms with Crippen molar-refractivity contribution in [1.29, 1.82) is 5.26 Å². The van der Waals surface area contributed by atoms with Crippen molar-refractivity contribution in [1.82, 2.24) is 5.06 Å². The quantitative estimate of drug-likeness (QED) is 0.673. The summed E-state index contributed by atoms with van der Waals surface area (Å²) in [4.78, 5) is 32.4. The van der Waals surface area contributed by atoms with Crippen molar-refractivity contribution in [2.45, 2.75) is 76.0 Å². The predicted molar refractivity (Wildman–Crippen MR) is 114 cm³/mol. The van der Waals surface area contributed by atoms with Crippen molar-refractivity contribution in [3.05, 3.63) is 35.4 Å². The van der Waals surface area contributed by atoms with Crippen LogP contribution in [-0.2, 0) is 29.3 Å². The van der Waals surface area contributed by atoms with E-state index in [0.717, 1.165) is 19.3 Å². The molecule has 1 saturated heterocycles. The van der Waals surface area contributed by atoms with Crippen LogP contribution < -0.4 is 0 Å². The molecule has 168 valence electrons. The van der Waals surface area contributed by atoms with E-state index in [1.54, 1.807) is 12.1 Å². The number of ether oxygens (including phenoxy) is 2. The van der Waals surface area contributed by atoms with E-state index >= 15 is 0 Å². The lowest BCUT2D eigenvalue weighted by molar-refractivity contribution is -0.311. The van der Waals surface area contributed by atoms with Crippen LogP contribution in [0.5, 0.6) is 0 Å². The lowest BCUT2D eigenvalue weighted by atomic mass is 9.63. The first-order chi connectivity index (χ1) is 14.5. The van der Waals surface area contributed by atoms with Crippen LogP contribution in [0.15, 0.2) is 24.3 Å². The van der Waals surface area contributed by atoms with Crippen molar-refractivity contribution < 1.29 is 23.9 Å². The third-order valence-electron chi connectivity index (χ3n) is 6.78. The fourth-order valence-corrected chi connectivity index (χ4v) is 5.34. The molecule has 7 nitrogen and oxygen atoms in total. The number of rotatable bonds is 4. The molecule has 31 heavy (non-hydrogen) atoms. The Labute approximate surface area is 184 Å². The molecule has 1 heterocycles. The number of carbonyl (C=O) groups excluding carboxylic acids is 2. The fourth-order valence-electron chi connectivity index (χ4n) is 5.34. The van der Waals surface area contributed by atoms with Gasteiger partial charge in [0.1, 0.15) is 6.10 Å². The molecule has 0 N–H and O–H groups in total. The summed E-state index contributed by atoms with van der Waals surface area (Å²) in [7, 11) is 2.48. The van der Waals surface area contributed by atoms with Crippen molar-refractivity contribution in [3.63, 3.8) is 0 Å². The Hall–Kier alpha value is -2.43. The van der Waals surface area contributed by atoms with Gasteiger partial charge >= 0.3 is 11.9 Å². The van der Waals surface area contributed by atoms with Crippen LogP contribution >= 0.6 is 0 Å². The number of fused-ring (bicyclic) bond motifs is 1. The van der Waals surface area contributed by atoms with Crippen LogP contribution in [0.25, 0.3) is 0 Å². The summed E-state index contributed by atoms with van der Waals surface area (Å²) in [5.74, 6) is -2.45. The Balaban J connectivity index is 2.14. The first kappa shape index (κ1) is 23.2. The van der Waals surface area contributed by atoms with Gasteiger partial charge in [-0.05, 0) is 64.5 Å². The maximum atomic E-state index is 12.9. The summed E-state index contributed by atoms with van der Waals surface area (Å²) < 4.78 is 10.0. The molecule has 1 aromatic carbocycles. The number of hydroxylamine groups is 2. The Morgan fingerprint density at radius 3 is 2.23 bits per heavy atom. The van der Waals surface area contributed by atoms with Crippen molar-refractivity contribution >= 4 is 11.9 Å². The average Bonchev–Trinajstić information content (AvgIpc) is 2.74. The molecule has 3 rings (SSSR count). The molecule has 0 saturated carbocycles. The van der Waals surface area contributed by atoms with Crippen molar-refractivity contribution in [2.24, 2.45) is 5.92 Å². The van der Waals surface area contributed by atoms with Gasteiger partial charge in [-0.3, -0.25) is 9.63 Å². The predicted octanol–water partition coefficient (Wildman–Crippen LogP) is 3.83. The molecule has 2 aliphatic rings. The molecular weight excluding hydrogens is 396 g/mol. The Morgan fingerprint density at radius 2 is 1.68 bits per heavy atom. The molecule has 0 spiro atoms. The normalized spacial score (nSPS) is 29.3. The van der Waals surface area contributed by atoms with Crippen molar-refractivity contribution in [2.75, 3.05) is 14.2 Å². The molecule has 3 atom stereocenters. The van der Waals surface area contributed by atoms with Gasteiger partial charge in [0, 0.05) is 11.1 Å². The lowest BCUT2D eigenvalue weighted by Gasteiger charge is -2.53. The molecule has 1 aliphatic carbocycles. The summed E-state index contributed by atoms with van der Waals surface area (Å²) in [6, 6.07) is 9.25. The zero-order valence-corrected chi connectivity index (χ0v) is 19.2. The monoisotopic (exact) mass is 428 g/mol. The molecule has 0 unspecified atom stereocenters. The van der Waals surface area contributed by atoms with E-state index in [2.05, 4.69) is 33.8 Å². The Kier molecular flexibility index (Phi) is 6.18. The first-order valence-corrected chi connectivity index (χ1v) is 10.7. The number of hydrogen-bond acceptors (Lipinski definition) is 7. The minimum absolute atomic E-state index is 0.134. The largest absolute Gasteiger partial charge is 0.469 e. The van der Waals surface area contributed by atoms with Gasteiger partial charge < -0.3 is 9.47 Å². The topological polar surface area (TPSA) is 88.9 Å². The second-order valence-corrected chi connectivity index (χ2v) is 9.68. The minimum atomic E-state index is -1.79. The number of carbonyl (C=O) groups is 2. The summed E-state index contributed by atoms with van der Waals surface area (Å²) in [5.41, 5.74) is -1.05. The number of piperidine rings is 1. The number of benzene rings is 1. The zero-order chi connectivity index (χ0) is 23.0. The summed E-state index contributed by atoms with van der Waals surface area (Å²) >= 11 is 0. The molecule has 1 aliphatic heterocycles. The highest BCUT2D eigenvalue weighted by Gasteiger charge is 2.59. The third-order valence-corrected chi connectivity index (χ3v) is 6.78. The summed E-state index contributed by atoms with van der Waals surface area (Å²) in [5, 5.41) is 12.2. The third kappa shape index (κ3) is 3.72. The van der Waals surface area contributed by atoms with Crippen LogP contribution in [0.3, 0.4) is 0 Å². The molecule has 0 aromatic heterocycles. The number of esters is 2. The van der Waals surface area contributed by atoms with Gasteiger partial charge in [0.05, 0.1) is 26.2 Å². The van der Waals surface area contributed by atoms with Crippen LogP contribution in [-0.4, -0.2) is 42.3 Å². The molecule has 1 aromatic rings. The maximum absolute atomic E-state index is 12.9. The maximum Gasteiger partial charge on any atom is 0.331 e. The minimum Gasteiger partial charge on any atom is -0.469 e. The van der Waals surface area contributed by atoms with Gasteiger partial charge in [-0.2, -0.15) is 10.3 Å².